The number of carbonyl (C=O) groups is 4. The Balaban J connectivity index is 0.887. The monoisotopic (exact) mass is 1180 g/mol. The molecule has 9 nitrogen and oxygen atoms in total. The van der Waals surface area contributed by atoms with E-state index < -0.39 is 33.9 Å². The number of hydrogen-bond acceptors (Lipinski definition) is 6. The van der Waals surface area contributed by atoms with Crippen molar-refractivity contribution in [2.24, 2.45) is 16.2 Å². The molecule has 3 N–H and O–H groups in total. The number of alkyl carbamates (subject to hydrolysis) is 1. The van der Waals surface area contributed by atoms with Crippen molar-refractivity contribution in [1.29, 1.82) is 0 Å². The second-order valence-electron chi connectivity index (χ2n) is 26.5. The number of methoxy groups -OCH3 is 1. The first-order chi connectivity index (χ1) is 43.7. The van der Waals surface area contributed by atoms with Gasteiger partial charge in [-0.2, -0.15) is 0 Å². The molecule has 12 aromatic rings. The van der Waals surface area contributed by atoms with Crippen molar-refractivity contribution >= 4 is 88.5 Å². The van der Waals surface area contributed by atoms with Crippen molar-refractivity contribution in [3.8, 4) is 33.4 Å². The van der Waals surface area contributed by atoms with E-state index in [2.05, 4.69) is 222 Å². The van der Waals surface area contributed by atoms with Crippen molar-refractivity contribution in [3.63, 3.8) is 0 Å². The molecule has 3 amide bonds. The fourth-order valence-electron chi connectivity index (χ4n) is 15.6. The van der Waals surface area contributed by atoms with E-state index in [0.29, 0.717) is 0 Å². The highest BCUT2D eigenvalue weighted by molar-refractivity contribution is 6.12. The molecule has 3 aliphatic rings. The predicted octanol–water partition coefficient (Wildman–Crippen LogP) is 16.2. The summed E-state index contributed by atoms with van der Waals surface area (Å²) in [5, 5.41) is 23.1. The van der Waals surface area contributed by atoms with Gasteiger partial charge >= 0.3 is 12.1 Å². The zero-order valence-corrected chi connectivity index (χ0v) is 51.1. The summed E-state index contributed by atoms with van der Waals surface area (Å²) in [5.41, 5.74) is 7.47. The third-order valence-corrected chi connectivity index (χ3v) is 19.7. The minimum atomic E-state index is -1.36. The number of amides is 3. The van der Waals surface area contributed by atoms with Gasteiger partial charge in [0.2, 0.25) is 11.8 Å². The Labute approximate surface area is 523 Å². The third kappa shape index (κ3) is 9.61. The zero-order valence-electron chi connectivity index (χ0n) is 51.1. The van der Waals surface area contributed by atoms with Crippen LogP contribution in [0.3, 0.4) is 0 Å². The second kappa shape index (κ2) is 21.9. The Morgan fingerprint density at radius 1 is 0.333 bits per heavy atom. The summed E-state index contributed by atoms with van der Waals surface area (Å²) in [7, 11) is 1.44. The predicted molar refractivity (Wildman–Crippen MR) is 362 cm³/mol. The lowest BCUT2D eigenvalue weighted by Gasteiger charge is -2.38. The number of ether oxygens (including phenoxy) is 2. The maximum absolute atomic E-state index is 16.8. The lowest BCUT2D eigenvalue weighted by atomic mass is 9.73. The summed E-state index contributed by atoms with van der Waals surface area (Å²) in [6, 6.07) is 76.1. The van der Waals surface area contributed by atoms with Crippen LogP contribution in [0.25, 0.3) is 98.0 Å². The van der Waals surface area contributed by atoms with E-state index in [1.54, 1.807) is 0 Å². The molecule has 0 fully saturated rings. The van der Waals surface area contributed by atoms with Gasteiger partial charge in [0.25, 0.3) is 0 Å². The number of rotatable bonds is 9. The van der Waals surface area contributed by atoms with Crippen LogP contribution in [-0.2, 0) is 62.4 Å². The summed E-state index contributed by atoms with van der Waals surface area (Å²) in [5.74, 6) is -1.04. The first kappa shape index (κ1) is 56.4. The molecule has 0 heterocycles. The number of fused-ring (bicyclic) bond motifs is 21. The van der Waals surface area contributed by atoms with Gasteiger partial charge in [-0.25, -0.2) is 4.79 Å². The van der Waals surface area contributed by atoms with Crippen LogP contribution in [-0.4, -0.2) is 56.2 Å². The van der Waals surface area contributed by atoms with Crippen LogP contribution in [0.2, 0.25) is 0 Å². The lowest BCUT2D eigenvalue weighted by molar-refractivity contribution is -0.153. The Hall–Kier alpha value is -10.1. The Bertz CT molecular complexity index is 4720. The number of nitrogens with one attached hydrogen (secondary N) is 3. The van der Waals surface area contributed by atoms with Crippen molar-refractivity contribution in [2.45, 2.75) is 64.9 Å². The van der Waals surface area contributed by atoms with E-state index in [4.69, 9.17) is 9.47 Å². The molecule has 0 saturated heterocycles. The maximum atomic E-state index is 16.8. The number of esters is 1. The summed E-state index contributed by atoms with van der Waals surface area (Å²) in [6.07, 6.45) is 0.946. The van der Waals surface area contributed by atoms with Crippen LogP contribution in [0, 0.1) is 16.2 Å². The minimum Gasteiger partial charge on any atom is -0.469 e. The molecule has 0 unspecified atom stereocenters. The zero-order chi connectivity index (χ0) is 61.5. The third-order valence-electron chi connectivity index (χ3n) is 19.7. The SMILES string of the molecule is COC(=O)C1(CNC(=O)C2(CNC(=O)C3(CNC(=O)OC(C)(C)C)Cc4ccc5ccccc5c4-c4c(ccc5ccccc45)C3)Cc3ccc4ccccc4c3-c3c(ccc4ccccc34)C2)Cc2ccc3ccccc3c2-c2c(ccc3ccccc23)C1. The molecule has 3 aliphatic carbocycles. The number of carbonyl (C=O) groups excluding carboxylic acids is 4. The maximum Gasteiger partial charge on any atom is 0.407 e. The first-order valence-corrected chi connectivity index (χ1v) is 31.4. The van der Waals surface area contributed by atoms with Gasteiger partial charge in [-0.15, -0.1) is 0 Å². The molecule has 90 heavy (non-hydrogen) atoms. The van der Waals surface area contributed by atoms with Crippen LogP contribution in [0.4, 0.5) is 4.79 Å². The summed E-state index contributed by atoms with van der Waals surface area (Å²) >= 11 is 0. The van der Waals surface area contributed by atoms with E-state index >= 15 is 14.4 Å². The molecule has 0 aromatic heterocycles. The largest absolute Gasteiger partial charge is 0.469 e. The summed E-state index contributed by atoms with van der Waals surface area (Å²) < 4.78 is 11.8. The van der Waals surface area contributed by atoms with Crippen molar-refractivity contribution in [1.82, 2.24) is 16.0 Å². The fraction of sp³-hybridized carbons (Fsp3) is 0.210. The molecule has 15 rings (SSSR count). The molecular formula is C81H69N3O6. The molecule has 0 spiro atoms. The first-order valence-electron chi connectivity index (χ1n) is 31.4. The molecule has 0 atom stereocenters. The van der Waals surface area contributed by atoms with Gasteiger partial charge in [-0.1, -0.05) is 218 Å². The number of hydrogen-bond donors (Lipinski definition) is 3. The second-order valence-corrected chi connectivity index (χ2v) is 26.5. The lowest BCUT2D eigenvalue weighted by Crippen LogP contribution is -2.57. The van der Waals surface area contributed by atoms with Crippen LogP contribution in [0.5, 0.6) is 0 Å². The van der Waals surface area contributed by atoms with E-state index in [0.717, 1.165) is 131 Å². The Kier molecular flexibility index (Phi) is 13.7. The van der Waals surface area contributed by atoms with Gasteiger partial charge < -0.3 is 25.4 Å². The quantitative estimate of drug-likeness (QED) is 0.124. The number of benzene rings is 12. The molecule has 0 bridgehead atoms. The van der Waals surface area contributed by atoms with Gasteiger partial charge in [0.15, 0.2) is 0 Å². The average molecular weight is 1180 g/mol. The molecule has 444 valence electrons. The van der Waals surface area contributed by atoms with E-state index in [1.165, 1.54) is 7.11 Å². The van der Waals surface area contributed by atoms with E-state index in [-0.39, 0.29) is 70.0 Å². The highest BCUT2D eigenvalue weighted by Crippen LogP contribution is 2.51. The van der Waals surface area contributed by atoms with E-state index in [9.17, 15) is 4.79 Å². The molecule has 0 saturated carbocycles. The van der Waals surface area contributed by atoms with Gasteiger partial charge in [0.05, 0.1) is 23.4 Å². The van der Waals surface area contributed by atoms with Crippen LogP contribution >= 0.6 is 0 Å². The molecule has 0 radical (unpaired) electrons. The smallest absolute Gasteiger partial charge is 0.407 e. The molecule has 12 aromatic carbocycles. The topological polar surface area (TPSA) is 123 Å². The van der Waals surface area contributed by atoms with Gasteiger partial charge in [0, 0.05) is 19.6 Å². The van der Waals surface area contributed by atoms with Crippen molar-refractivity contribution in [3.05, 3.63) is 252 Å². The molecule has 9 heteroatoms. The van der Waals surface area contributed by atoms with Crippen molar-refractivity contribution in [2.75, 3.05) is 26.7 Å². The Morgan fingerprint density at radius 3 is 0.822 bits per heavy atom. The molecular weight excluding hydrogens is 1110 g/mol. The fourth-order valence-corrected chi connectivity index (χ4v) is 15.6. The normalized spacial score (nSPS) is 15.2. The highest BCUT2D eigenvalue weighted by atomic mass is 16.6. The van der Waals surface area contributed by atoms with Gasteiger partial charge in [-0.3, -0.25) is 14.4 Å². The van der Waals surface area contributed by atoms with Gasteiger partial charge in [0.1, 0.15) is 5.60 Å². The van der Waals surface area contributed by atoms with E-state index in [1.807, 2.05) is 32.9 Å². The van der Waals surface area contributed by atoms with Crippen LogP contribution in [0.15, 0.2) is 218 Å². The standard InChI is InChI=1S/C81H69N3O6/c1-78(2,3)90-77(88)84-48-80(43-58-37-31-52-19-7-13-25-64(52)70(58)71-59(44-80)38-32-53-20-8-14-26-65(53)71)75(86)82-47-79(41-56-35-29-50-17-5-11-23-62(50)68(56)69-57(42-79)36-30-51-18-6-12-24-63(51)69)74(85)83-49-81(76(87)89-4)45-60-39-33-54-21-9-15-27-66(54)72(60)73-61(46-81)40-34-55-22-10-16-28-67(55)73/h5-40H,41-49H2,1-4H3,(H,82,86)(H,83,85)(H,84,88). The van der Waals surface area contributed by atoms with Crippen molar-refractivity contribution < 1.29 is 28.7 Å². The minimum absolute atomic E-state index is 0.0544. The van der Waals surface area contributed by atoms with Gasteiger partial charge in [-0.05, 0) is 191 Å². The average Bonchev–Trinajstić information content (AvgIpc) is 1.55. The van der Waals surface area contributed by atoms with Crippen LogP contribution < -0.4 is 16.0 Å². The molecule has 0 aliphatic heterocycles. The Morgan fingerprint density at radius 2 is 0.567 bits per heavy atom. The summed E-state index contributed by atoms with van der Waals surface area (Å²) in [6.45, 7) is 5.27. The highest BCUT2D eigenvalue weighted by Gasteiger charge is 2.50. The summed E-state index contributed by atoms with van der Waals surface area (Å²) in [4.78, 5) is 62.6. The van der Waals surface area contributed by atoms with Crippen LogP contribution in [0.1, 0.15) is 54.2 Å².